The molecule has 1 unspecified atom stereocenters. The molecule has 1 aromatic carbocycles. The number of halogens is 1. The number of oxazole rings is 1. The quantitative estimate of drug-likeness (QED) is 0.939. The number of nitrogens with two attached hydrogens (primary N) is 1. The van der Waals surface area contributed by atoms with Crippen LogP contribution in [0.1, 0.15) is 18.5 Å². The first-order chi connectivity index (χ1) is 10.7. The average molecular weight is 320 g/mol. The van der Waals surface area contributed by atoms with Gasteiger partial charge in [0.1, 0.15) is 6.26 Å². The summed E-state index contributed by atoms with van der Waals surface area (Å²) >= 11 is 5.86. The molecule has 5 nitrogen and oxygen atoms in total. The number of benzene rings is 1. The summed E-state index contributed by atoms with van der Waals surface area (Å²) in [6, 6.07) is 7.40. The van der Waals surface area contributed by atoms with Gasteiger partial charge in [-0.25, -0.2) is 4.98 Å². The summed E-state index contributed by atoms with van der Waals surface area (Å²) in [5, 5.41) is 0.660. The molecule has 0 spiro atoms. The van der Waals surface area contributed by atoms with Crippen LogP contribution in [0.3, 0.4) is 0 Å². The molecule has 2 N–H and O–H groups in total. The van der Waals surface area contributed by atoms with E-state index in [1.54, 1.807) is 12.1 Å². The van der Waals surface area contributed by atoms with Gasteiger partial charge in [-0.05, 0) is 37.1 Å². The van der Waals surface area contributed by atoms with Crippen LogP contribution in [-0.2, 0) is 11.2 Å². The van der Waals surface area contributed by atoms with Gasteiger partial charge in [-0.15, -0.1) is 0 Å². The first kappa shape index (κ1) is 15.1. The van der Waals surface area contributed by atoms with Crippen molar-refractivity contribution in [2.45, 2.75) is 25.3 Å². The highest BCUT2D eigenvalue weighted by molar-refractivity contribution is 6.30. The minimum atomic E-state index is 0.0592. The van der Waals surface area contributed by atoms with Gasteiger partial charge in [-0.3, -0.25) is 4.79 Å². The van der Waals surface area contributed by atoms with Gasteiger partial charge in [0.05, 0.1) is 12.1 Å². The molecule has 1 atom stereocenters. The summed E-state index contributed by atoms with van der Waals surface area (Å²) in [7, 11) is 0. The van der Waals surface area contributed by atoms with Crippen LogP contribution < -0.4 is 5.73 Å². The summed E-state index contributed by atoms with van der Waals surface area (Å²) in [6.45, 7) is 1.29. The Morgan fingerprint density at radius 1 is 1.41 bits per heavy atom. The Kier molecular flexibility index (Phi) is 4.45. The lowest BCUT2D eigenvalue weighted by atomic mass is 10.2. The zero-order valence-electron chi connectivity index (χ0n) is 12.2. The third kappa shape index (κ3) is 3.15. The van der Waals surface area contributed by atoms with Crippen LogP contribution in [0.2, 0.25) is 5.02 Å². The number of aromatic nitrogens is 1. The normalized spacial score (nSPS) is 17.9. The highest BCUT2D eigenvalue weighted by Gasteiger charge is 2.27. The van der Waals surface area contributed by atoms with Crippen molar-refractivity contribution in [3.63, 3.8) is 0 Å². The molecule has 0 radical (unpaired) electrons. The predicted octanol–water partition coefficient (Wildman–Crippen LogP) is 2.49. The summed E-state index contributed by atoms with van der Waals surface area (Å²) in [5.74, 6) is 0.556. The Labute approximate surface area is 134 Å². The fourth-order valence-electron chi connectivity index (χ4n) is 2.78. The number of likely N-dealkylation sites (tertiary alicyclic amines) is 1. The minimum absolute atomic E-state index is 0.0592. The first-order valence-electron chi connectivity index (χ1n) is 7.37. The van der Waals surface area contributed by atoms with E-state index in [2.05, 4.69) is 4.98 Å². The van der Waals surface area contributed by atoms with E-state index in [-0.39, 0.29) is 18.4 Å². The topological polar surface area (TPSA) is 72.4 Å². The molecule has 0 bridgehead atoms. The van der Waals surface area contributed by atoms with Crippen LogP contribution in [0.5, 0.6) is 0 Å². The lowest BCUT2D eigenvalue weighted by molar-refractivity contribution is -0.131. The van der Waals surface area contributed by atoms with Crippen molar-refractivity contribution in [1.82, 2.24) is 9.88 Å². The van der Waals surface area contributed by atoms with Gasteiger partial charge in [0, 0.05) is 29.7 Å². The van der Waals surface area contributed by atoms with Crippen LogP contribution in [0.15, 0.2) is 34.9 Å². The smallest absolute Gasteiger partial charge is 0.229 e. The van der Waals surface area contributed by atoms with Crippen molar-refractivity contribution in [2.24, 2.45) is 5.73 Å². The van der Waals surface area contributed by atoms with Crippen LogP contribution in [0.4, 0.5) is 0 Å². The number of rotatable bonds is 4. The summed E-state index contributed by atoms with van der Waals surface area (Å²) < 4.78 is 5.46. The van der Waals surface area contributed by atoms with E-state index in [0.717, 1.165) is 24.9 Å². The molecular weight excluding hydrogens is 302 g/mol. The van der Waals surface area contributed by atoms with Crippen molar-refractivity contribution in [1.29, 1.82) is 0 Å². The highest BCUT2D eigenvalue weighted by Crippen LogP contribution is 2.22. The molecular formula is C16H18ClN3O2. The van der Waals surface area contributed by atoms with Crippen LogP contribution in [0, 0.1) is 0 Å². The van der Waals surface area contributed by atoms with Gasteiger partial charge < -0.3 is 15.1 Å². The van der Waals surface area contributed by atoms with Crippen molar-refractivity contribution in [3.05, 3.63) is 41.2 Å². The zero-order chi connectivity index (χ0) is 15.5. The molecule has 1 amide bonds. The average Bonchev–Trinajstić information content (AvgIpc) is 3.16. The zero-order valence-corrected chi connectivity index (χ0v) is 12.9. The lowest BCUT2D eigenvalue weighted by Crippen LogP contribution is -2.40. The molecule has 1 aliphatic rings. The van der Waals surface area contributed by atoms with E-state index in [0.29, 0.717) is 23.2 Å². The molecule has 2 aromatic rings. The molecule has 3 rings (SSSR count). The first-order valence-corrected chi connectivity index (χ1v) is 7.75. The van der Waals surface area contributed by atoms with E-state index in [4.69, 9.17) is 21.8 Å². The Balaban J connectivity index is 1.69. The van der Waals surface area contributed by atoms with Crippen LogP contribution in [0.25, 0.3) is 11.5 Å². The fraction of sp³-hybridized carbons (Fsp3) is 0.375. The molecule has 0 aliphatic carbocycles. The minimum Gasteiger partial charge on any atom is -0.444 e. The SMILES string of the molecule is NCC1CCCN1C(=O)Cc1coc(-c2ccc(Cl)cc2)n1. The van der Waals surface area contributed by atoms with Gasteiger partial charge in [-0.1, -0.05) is 11.6 Å². The number of nitrogens with zero attached hydrogens (tertiary/aromatic N) is 2. The van der Waals surface area contributed by atoms with Gasteiger partial charge in [0.2, 0.25) is 11.8 Å². The van der Waals surface area contributed by atoms with E-state index in [9.17, 15) is 4.79 Å². The molecule has 1 aliphatic heterocycles. The molecule has 6 heteroatoms. The third-order valence-electron chi connectivity index (χ3n) is 3.94. The second-order valence-electron chi connectivity index (χ2n) is 5.45. The largest absolute Gasteiger partial charge is 0.444 e. The van der Waals surface area contributed by atoms with Gasteiger partial charge in [-0.2, -0.15) is 0 Å². The summed E-state index contributed by atoms with van der Waals surface area (Å²) in [6.07, 6.45) is 3.78. The molecule has 2 heterocycles. The van der Waals surface area contributed by atoms with Crippen LogP contribution in [-0.4, -0.2) is 34.9 Å². The van der Waals surface area contributed by atoms with Crippen molar-refractivity contribution < 1.29 is 9.21 Å². The van der Waals surface area contributed by atoms with E-state index in [1.165, 1.54) is 6.26 Å². The van der Waals surface area contributed by atoms with E-state index < -0.39 is 0 Å². The molecule has 116 valence electrons. The fourth-order valence-corrected chi connectivity index (χ4v) is 2.90. The molecule has 1 saturated heterocycles. The highest BCUT2D eigenvalue weighted by atomic mass is 35.5. The van der Waals surface area contributed by atoms with Crippen molar-refractivity contribution in [3.8, 4) is 11.5 Å². The third-order valence-corrected chi connectivity index (χ3v) is 4.20. The Morgan fingerprint density at radius 3 is 2.91 bits per heavy atom. The number of hydrogen-bond acceptors (Lipinski definition) is 4. The monoisotopic (exact) mass is 319 g/mol. The predicted molar refractivity (Wildman–Crippen MR) is 84.4 cm³/mol. The van der Waals surface area contributed by atoms with Gasteiger partial charge in [0.15, 0.2) is 0 Å². The summed E-state index contributed by atoms with van der Waals surface area (Å²) in [5.41, 5.74) is 7.18. The van der Waals surface area contributed by atoms with E-state index >= 15 is 0 Å². The van der Waals surface area contributed by atoms with Gasteiger partial charge >= 0.3 is 0 Å². The van der Waals surface area contributed by atoms with Crippen LogP contribution >= 0.6 is 11.6 Å². The standard InChI is InChI=1S/C16H18ClN3O2/c17-12-5-3-11(4-6-12)16-19-13(10-22-16)8-15(21)20-7-1-2-14(20)9-18/h3-6,10,14H,1-2,7-9,18H2. The maximum Gasteiger partial charge on any atom is 0.229 e. The van der Waals surface area contributed by atoms with Crippen molar-refractivity contribution in [2.75, 3.05) is 13.1 Å². The Bertz CT molecular complexity index is 654. The Morgan fingerprint density at radius 2 is 2.18 bits per heavy atom. The molecule has 22 heavy (non-hydrogen) atoms. The lowest BCUT2D eigenvalue weighted by Gasteiger charge is -2.22. The number of hydrogen-bond donors (Lipinski definition) is 1. The summed E-state index contributed by atoms with van der Waals surface area (Å²) in [4.78, 5) is 18.6. The van der Waals surface area contributed by atoms with Gasteiger partial charge in [0.25, 0.3) is 0 Å². The Hall–Kier alpha value is -1.85. The maximum atomic E-state index is 12.3. The molecule has 1 fully saturated rings. The number of carbonyl (C=O) groups excluding carboxylic acids is 1. The number of amides is 1. The van der Waals surface area contributed by atoms with E-state index in [1.807, 2.05) is 17.0 Å². The van der Waals surface area contributed by atoms with Crippen molar-refractivity contribution >= 4 is 17.5 Å². The second-order valence-corrected chi connectivity index (χ2v) is 5.88. The molecule has 1 aromatic heterocycles. The second kappa shape index (κ2) is 6.50. The number of carbonyl (C=O) groups is 1. The maximum absolute atomic E-state index is 12.3. The molecule has 0 saturated carbocycles.